The smallest absolute Gasteiger partial charge is 0.337 e. The molecule has 0 amide bonds. The predicted octanol–water partition coefficient (Wildman–Crippen LogP) is 1.19. The number of hydrogen-bond acceptors (Lipinski definition) is 8. The number of ether oxygens (including phenoxy) is 3. The summed E-state index contributed by atoms with van der Waals surface area (Å²) < 4.78 is 14.9. The van der Waals surface area contributed by atoms with E-state index in [0.29, 0.717) is 17.6 Å². The van der Waals surface area contributed by atoms with Crippen molar-refractivity contribution in [2.75, 3.05) is 13.7 Å². The summed E-state index contributed by atoms with van der Waals surface area (Å²) in [5, 5.41) is 28.8. The Morgan fingerprint density at radius 3 is 2.70 bits per heavy atom. The van der Waals surface area contributed by atoms with Crippen LogP contribution in [0.4, 0.5) is 0 Å². The van der Waals surface area contributed by atoms with Crippen molar-refractivity contribution in [3.05, 3.63) is 47.2 Å². The summed E-state index contributed by atoms with van der Waals surface area (Å²) in [4.78, 5) is 24.4. The molecule has 0 aliphatic carbocycles. The number of aromatic hydroxyl groups is 1. The Kier molecular flexibility index (Phi) is 6.98. The topological polar surface area (TPSA) is 123 Å². The number of carbonyl (C=O) groups is 2. The molecule has 1 aliphatic rings. The van der Waals surface area contributed by atoms with Gasteiger partial charge in [0.1, 0.15) is 0 Å². The molecule has 2 unspecified atom stereocenters. The molecule has 27 heavy (non-hydrogen) atoms. The van der Waals surface area contributed by atoms with Gasteiger partial charge in [-0.15, -0.1) is 0 Å². The van der Waals surface area contributed by atoms with Gasteiger partial charge in [0.2, 0.25) is 6.29 Å². The number of aliphatic hydroxyl groups is 2. The fourth-order valence-electron chi connectivity index (χ4n) is 2.79. The summed E-state index contributed by atoms with van der Waals surface area (Å²) in [6, 6.07) is 4.42. The highest BCUT2D eigenvalue weighted by Gasteiger charge is 2.35. The predicted molar refractivity (Wildman–Crippen MR) is 93.6 cm³/mol. The molecule has 0 aromatic heterocycles. The van der Waals surface area contributed by atoms with Crippen LogP contribution < -0.4 is 4.74 Å². The van der Waals surface area contributed by atoms with E-state index in [1.165, 1.54) is 19.2 Å². The van der Waals surface area contributed by atoms with E-state index in [0.717, 1.165) is 6.26 Å². The maximum absolute atomic E-state index is 12.4. The largest absolute Gasteiger partial charge is 0.504 e. The lowest BCUT2D eigenvalue weighted by Gasteiger charge is -2.28. The standard InChI is InChI=1S/C19H22O8/c1-3-12-13(14(18(23)25-2)10-26-19(12)24)9-17(22)27-16-8-11(6-7-20)4-5-15(16)21/h3-5,8,10,13,19-21,24H,6-7,9H2,1-2H3/b12-3-. The number of hydrogen-bond donors (Lipinski definition) is 3. The molecule has 1 aliphatic heterocycles. The number of carbonyl (C=O) groups excluding carboxylic acids is 2. The molecule has 1 heterocycles. The molecule has 0 bridgehead atoms. The van der Waals surface area contributed by atoms with E-state index in [1.54, 1.807) is 19.1 Å². The summed E-state index contributed by atoms with van der Waals surface area (Å²) >= 11 is 0. The number of phenolic OH excluding ortho intramolecular Hbond substituents is 1. The zero-order valence-corrected chi connectivity index (χ0v) is 15.0. The van der Waals surface area contributed by atoms with Crippen LogP contribution in [0.3, 0.4) is 0 Å². The maximum Gasteiger partial charge on any atom is 0.337 e. The highest BCUT2D eigenvalue weighted by Crippen LogP contribution is 2.34. The van der Waals surface area contributed by atoms with E-state index in [4.69, 9.17) is 19.3 Å². The van der Waals surface area contributed by atoms with E-state index in [2.05, 4.69) is 0 Å². The van der Waals surface area contributed by atoms with Crippen molar-refractivity contribution in [2.24, 2.45) is 5.92 Å². The number of benzene rings is 1. The first-order valence-electron chi connectivity index (χ1n) is 8.32. The lowest BCUT2D eigenvalue weighted by Crippen LogP contribution is -2.31. The first-order valence-corrected chi connectivity index (χ1v) is 8.32. The Hall–Kier alpha value is -2.84. The minimum absolute atomic E-state index is 0.0517. The molecule has 0 saturated carbocycles. The van der Waals surface area contributed by atoms with Crippen LogP contribution in [0.2, 0.25) is 0 Å². The highest BCUT2D eigenvalue weighted by atomic mass is 16.6. The van der Waals surface area contributed by atoms with Gasteiger partial charge in [0.25, 0.3) is 0 Å². The van der Waals surface area contributed by atoms with Crippen molar-refractivity contribution in [1.29, 1.82) is 0 Å². The van der Waals surface area contributed by atoms with Gasteiger partial charge in [0.15, 0.2) is 11.5 Å². The number of rotatable bonds is 6. The van der Waals surface area contributed by atoms with Crippen LogP contribution in [0.25, 0.3) is 0 Å². The fraction of sp³-hybridized carbons (Fsp3) is 0.368. The number of phenols is 1. The van der Waals surface area contributed by atoms with E-state index < -0.39 is 24.1 Å². The van der Waals surface area contributed by atoms with Crippen molar-refractivity contribution < 1.29 is 39.1 Å². The lowest BCUT2D eigenvalue weighted by molar-refractivity contribution is -0.138. The van der Waals surface area contributed by atoms with E-state index in [1.807, 2.05) is 0 Å². The summed E-state index contributed by atoms with van der Waals surface area (Å²) in [5.41, 5.74) is 1.09. The van der Waals surface area contributed by atoms with Crippen LogP contribution in [0.15, 0.2) is 41.7 Å². The monoisotopic (exact) mass is 378 g/mol. The minimum Gasteiger partial charge on any atom is -0.504 e. The van der Waals surface area contributed by atoms with Gasteiger partial charge in [-0.05, 0) is 31.0 Å². The van der Waals surface area contributed by atoms with Crippen LogP contribution in [0.5, 0.6) is 11.5 Å². The normalized spacial score (nSPS) is 20.6. The molecule has 146 valence electrons. The molecule has 3 N–H and O–H groups in total. The quantitative estimate of drug-likeness (QED) is 0.383. The molecule has 8 nitrogen and oxygen atoms in total. The van der Waals surface area contributed by atoms with Crippen molar-refractivity contribution in [1.82, 2.24) is 0 Å². The Morgan fingerprint density at radius 2 is 2.07 bits per heavy atom. The fourth-order valence-corrected chi connectivity index (χ4v) is 2.79. The summed E-state index contributed by atoms with van der Waals surface area (Å²) in [7, 11) is 1.20. The SMILES string of the molecule is C/C=C1\C(O)OC=C(C(=O)OC)C1CC(=O)Oc1cc(CCO)ccc1O. The Labute approximate surface area is 156 Å². The highest BCUT2D eigenvalue weighted by molar-refractivity contribution is 5.91. The van der Waals surface area contributed by atoms with Crippen molar-refractivity contribution in [2.45, 2.75) is 26.1 Å². The Balaban J connectivity index is 2.21. The summed E-state index contributed by atoms with van der Waals surface area (Å²) in [6.07, 6.45) is 1.40. The van der Waals surface area contributed by atoms with Crippen LogP contribution in [-0.4, -0.2) is 47.3 Å². The van der Waals surface area contributed by atoms with Gasteiger partial charge < -0.3 is 29.5 Å². The minimum atomic E-state index is -1.29. The van der Waals surface area contributed by atoms with Crippen molar-refractivity contribution >= 4 is 11.9 Å². The molecule has 0 radical (unpaired) electrons. The third-order valence-corrected chi connectivity index (χ3v) is 4.16. The first kappa shape index (κ1) is 20.5. The third kappa shape index (κ3) is 4.87. The number of methoxy groups -OCH3 is 1. The van der Waals surface area contributed by atoms with Gasteiger partial charge >= 0.3 is 11.9 Å². The molecular formula is C19H22O8. The Morgan fingerprint density at radius 1 is 1.33 bits per heavy atom. The molecule has 2 atom stereocenters. The van der Waals surface area contributed by atoms with Crippen molar-refractivity contribution in [3.63, 3.8) is 0 Å². The molecule has 0 saturated heterocycles. The molecule has 0 fully saturated rings. The number of esters is 2. The Bertz CT molecular complexity index is 765. The number of allylic oxidation sites excluding steroid dienone is 1. The summed E-state index contributed by atoms with van der Waals surface area (Å²) in [6.45, 7) is 1.56. The molecule has 2 rings (SSSR count). The van der Waals surface area contributed by atoms with Gasteiger partial charge in [-0.2, -0.15) is 0 Å². The maximum atomic E-state index is 12.4. The van der Waals surface area contributed by atoms with Crippen LogP contribution in [0, 0.1) is 5.92 Å². The van der Waals surface area contributed by atoms with E-state index in [9.17, 15) is 19.8 Å². The zero-order valence-electron chi connectivity index (χ0n) is 15.0. The second-order valence-electron chi connectivity index (χ2n) is 5.85. The molecule has 0 spiro atoms. The van der Waals surface area contributed by atoms with E-state index >= 15 is 0 Å². The van der Waals surface area contributed by atoms with Gasteiger partial charge in [0, 0.05) is 18.1 Å². The zero-order chi connectivity index (χ0) is 20.0. The van der Waals surface area contributed by atoms with Crippen molar-refractivity contribution in [3.8, 4) is 11.5 Å². The van der Waals surface area contributed by atoms with Crippen LogP contribution in [-0.2, 0) is 25.5 Å². The van der Waals surface area contributed by atoms with Gasteiger partial charge in [-0.3, -0.25) is 4.79 Å². The second kappa shape index (κ2) is 9.20. The van der Waals surface area contributed by atoms with Gasteiger partial charge in [-0.1, -0.05) is 12.1 Å². The van der Waals surface area contributed by atoms with Crippen LogP contribution >= 0.6 is 0 Å². The second-order valence-corrected chi connectivity index (χ2v) is 5.85. The number of aliphatic hydroxyl groups excluding tert-OH is 2. The first-order chi connectivity index (χ1) is 12.9. The third-order valence-electron chi connectivity index (χ3n) is 4.16. The molecule has 1 aromatic carbocycles. The molecule has 8 heteroatoms. The average molecular weight is 378 g/mol. The molecule has 1 aromatic rings. The van der Waals surface area contributed by atoms with E-state index in [-0.39, 0.29) is 30.1 Å². The average Bonchev–Trinajstić information content (AvgIpc) is 2.64. The molecular weight excluding hydrogens is 356 g/mol. The van der Waals surface area contributed by atoms with Gasteiger partial charge in [0.05, 0.1) is 25.4 Å². The summed E-state index contributed by atoms with van der Waals surface area (Å²) in [5.74, 6) is -2.48. The van der Waals surface area contributed by atoms with Crippen LogP contribution in [0.1, 0.15) is 18.9 Å². The van der Waals surface area contributed by atoms with Gasteiger partial charge in [-0.25, -0.2) is 4.79 Å². The lowest BCUT2D eigenvalue weighted by atomic mass is 9.86.